The van der Waals surface area contributed by atoms with Gasteiger partial charge in [-0.3, -0.25) is 0 Å². The maximum Gasteiger partial charge on any atom is 0.0597 e. The van der Waals surface area contributed by atoms with Gasteiger partial charge in [-0.1, -0.05) is 38.1 Å². The van der Waals surface area contributed by atoms with Gasteiger partial charge >= 0.3 is 0 Å². The Morgan fingerprint density at radius 2 is 1.65 bits per heavy atom. The molecule has 1 fully saturated rings. The average molecular weight is 275 g/mol. The van der Waals surface area contributed by atoms with Crippen LogP contribution in [0.5, 0.6) is 0 Å². The van der Waals surface area contributed by atoms with Crippen LogP contribution in [0.3, 0.4) is 0 Å². The summed E-state index contributed by atoms with van der Waals surface area (Å²) >= 11 is 0. The van der Waals surface area contributed by atoms with Gasteiger partial charge in [-0.25, -0.2) is 0 Å². The Morgan fingerprint density at radius 3 is 2.10 bits per heavy atom. The molecule has 2 rings (SSSR count). The number of aryl methyl sites for hydroxylation is 1. The van der Waals surface area contributed by atoms with Crippen molar-refractivity contribution in [3.63, 3.8) is 0 Å². The summed E-state index contributed by atoms with van der Waals surface area (Å²) in [5.74, 6) is 1.19. The predicted molar refractivity (Wildman–Crippen MR) is 85.0 cm³/mol. The van der Waals surface area contributed by atoms with Gasteiger partial charge in [-0.05, 0) is 50.8 Å². The second-order valence-corrected chi connectivity index (χ2v) is 6.25. The molecule has 0 aromatic heterocycles. The first-order valence-corrected chi connectivity index (χ1v) is 7.97. The van der Waals surface area contributed by atoms with Crippen LogP contribution in [-0.2, 0) is 17.6 Å². The van der Waals surface area contributed by atoms with E-state index in [1.165, 1.54) is 11.1 Å². The zero-order valence-corrected chi connectivity index (χ0v) is 13.5. The zero-order valence-electron chi connectivity index (χ0n) is 13.5. The van der Waals surface area contributed by atoms with Gasteiger partial charge in [0, 0.05) is 12.0 Å². The van der Waals surface area contributed by atoms with E-state index in [0.717, 1.165) is 12.8 Å². The van der Waals surface area contributed by atoms with E-state index < -0.39 is 0 Å². The van der Waals surface area contributed by atoms with E-state index in [-0.39, 0.29) is 0 Å². The van der Waals surface area contributed by atoms with Crippen LogP contribution < -0.4 is 5.32 Å². The number of likely N-dealkylation sites (N-methyl/N-ethyl adjacent to an activating group) is 1. The Bertz CT molecular complexity index is 414. The molecule has 0 saturated carbocycles. The molecule has 0 radical (unpaired) electrons. The molecule has 112 valence electrons. The fourth-order valence-electron chi connectivity index (χ4n) is 3.58. The molecule has 0 bridgehead atoms. The Hall–Kier alpha value is -0.860. The van der Waals surface area contributed by atoms with Gasteiger partial charge in [0.25, 0.3) is 0 Å². The SMILES string of the molecule is CCc1ccc(CC(NC)C2C(C)OC(C)C2C)cc1. The summed E-state index contributed by atoms with van der Waals surface area (Å²) in [5, 5.41) is 3.52. The first-order chi connectivity index (χ1) is 9.56. The molecule has 1 N–H and O–H groups in total. The van der Waals surface area contributed by atoms with Crippen LogP contribution in [0.4, 0.5) is 0 Å². The van der Waals surface area contributed by atoms with Gasteiger partial charge in [-0.2, -0.15) is 0 Å². The minimum absolute atomic E-state index is 0.340. The second kappa shape index (κ2) is 6.73. The Balaban J connectivity index is 2.08. The van der Waals surface area contributed by atoms with E-state index in [1.54, 1.807) is 0 Å². The summed E-state index contributed by atoms with van der Waals surface area (Å²) in [6.45, 7) is 8.94. The fraction of sp³-hybridized carbons (Fsp3) is 0.667. The van der Waals surface area contributed by atoms with Crippen LogP contribution in [0.15, 0.2) is 24.3 Å². The van der Waals surface area contributed by atoms with Crippen molar-refractivity contribution in [1.29, 1.82) is 0 Å². The zero-order chi connectivity index (χ0) is 14.7. The van der Waals surface area contributed by atoms with Crippen LogP contribution >= 0.6 is 0 Å². The van der Waals surface area contributed by atoms with Crippen molar-refractivity contribution in [2.75, 3.05) is 7.05 Å². The standard InChI is InChI=1S/C18H29NO/c1-6-15-7-9-16(10-8-15)11-17(19-5)18-12(2)13(3)20-14(18)4/h7-10,12-14,17-19H,6,11H2,1-5H3. The molecule has 1 aliphatic heterocycles. The van der Waals surface area contributed by atoms with Crippen molar-refractivity contribution in [2.45, 2.75) is 58.8 Å². The number of hydrogen-bond donors (Lipinski definition) is 1. The molecule has 0 spiro atoms. The van der Waals surface area contributed by atoms with E-state index in [1.807, 2.05) is 0 Å². The summed E-state index contributed by atoms with van der Waals surface area (Å²) in [6.07, 6.45) is 2.90. The van der Waals surface area contributed by atoms with Gasteiger partial charge in [0.15, 0.2) is 0 Å². The summed E-state index contributed by atoms with van der Waals surface area (Å²) < 4.78 is 6.00. The molecule has 0 amide bonds. The lowest BCUT2D eigenvalue weighted by Gasteiger charge is -2.29. The number of ether oxygens (including phenoxy) is 1. The maximum absolute atomic E-state index is 6.00. The topological polar surface area (TPSA) is 21.3 Å². The number of rotatable bonds is 5. The molecular weight excluding hydrogens is 246 g/mol. The lowest BCUT2D eigenvalue weighted by atomic mass is 9.81. The van der Waals surface area contributed by atoms with E-state index in [4.69, 9.17) is 4.74 Å². The number of benzene rings is 1. The molecule has 2 heteroatoms. The molecule has 20 heavy (non-hydrogen) atoms. The van der Waals surface area contributed by atoms with E-state index >= 15 is 0 Å². The Morgan fingerprint density at radius 1 is 1.05 bits per heavy atom. The van der Waals surface area contributed by atoms with E-state index in [2.05, 4.69) is 64.3 Å². The van der Waals surface area contributed by atoms with Crippen molar-refractivity contribution in [2.24, 2.45) is 11.8 Å². The molecule has 1 aromatic rings. The highest BCUT2D eigenvalue weighted by Gasteiger charge is 2.40. The van der Waals surface area contributed by atoms with Crippen LogP contribution in [0.2, 0.25) is 0 Å². The molecule has 1 heterocycles. The van der Waals surface area contributed by atoms with Gasteiger partial charge in [0.1, 0.15) is 0 Å². The van der Waals surface area contributed by atoms with Crippen molar-refractivity contribution < 1.29 is 4.74 Å². The average Bonchev–Trinajstić information content (AvgIpc) is 2.71. The van der Waals surface area contributed by atoms with Crippen LogP contribution in [-0.4, -0.2) is 25.3 Å². The summed E-state index contributed by atoms with van der Waals surface area (Å²) in [6, 6.07) is 9.54. The minimum atomic E-state index is 0.340. The first-order valence-electron chi connectivity index (χ1n) is 7.97. The largest absolute Gasteiger partial charge is 0.375 e. The van der Waals surface area contributed by atoms with Crippen molar-refractivity contribution in [3.05, 3.63) is 35.4 Å². The van der Waals surface area contributed by atoms with Crippen molar-refractivity contribution in [3.8, 4) is 0 Å². The Labute approximate surface area is 123 Å². The quantitative estimate of drug-likeness (QED) is 0.889. The van der Waals surface area contributed by atoms with Crippen LogP contribution in [0.25, 0.3) is 0 Å². The van der Waals surface area contributed by atoms with Gasteiger partial charge < -0.3 is 10.1 Å². The third kappa shape index (κ3) is 3.24. The fourth-order valence-corrected chi connectivity index (χ4v) is 3.58. The number of hydrogen-bond acceptors (Lipinski definition) is 2. The minimum Gasteiger partial charge on any atom is -0.375 e. The smallest absolute Gasteiger partial charge is 0.0597 e. The predicted octanol–water partition coefficient (Wildman–Crippen LogP) is 3.44. The molecule has 1 aromatic carbocycles. The summed E-state index contributed by atoms with van der Waals surface area (Å²) in [5.41, 5.74) is 2.83. The first kappa shape index (κ1) is 15.5. The van der Waals surface area contributed by atoms with Crippen molar-refractivity contribution in [1.82, 2.24) is 5.32 Å². The summed E-state index contributed by atoms with van der Waals surface area (Å²) in [4.78, 5) is 0. The van der Waals surface area contributed by atoms with E-state index in [9.17, 15) is 0 Å². The van der Waals surface area contributed by atoms with E-state index in [0.29, 0.717) is 30.1 Å². The van der Waals surface area contributed by atoms with Gasteiger partial charge in [0.05, 0.1) is 12.2 Å². The van der Waals surface area contributed by atoms with Crippen LogP contribution in [0, 0.1) is 11.8 Å². The second-order valence-electron chi connectivity index (χ2n) is 6.25. The monoisotopic (exact) mass is 275 g/mol. The third-order valence-corrected chi connectivity index (χ3v) is 5.04. The Kier molecular flexibility index (Phi) is 5.22. The molecule has 1 saturated heterocycles. The highest BCUT2D eigenvalue weighted by Crippen LogP contribution is 2.35. The van der Waals surface area contributed by atoms with Gasteiger partial charge in [0.2, 0.25) is 0 Å². The lowest BCUT2D eigenvalue weighted by molar-refractivity contribution is 0.0479. The maximum atomic E-state index is 6.00. The molecule has 0 aliphatic carbocycles. The lowest BCUT2D eigenvalue weighted by Crippen LogP contribution is -2.41. The molecule has 1 aliphatic rings. The normalized spacial score (nSPS) is 31.4. The highest BCUT2D eigenvalue weighted by atomic mass is 16.5. The molecule has 5 atom stereocenters. The summed E-state index contributed by atoms with van der Waals surface area (Å²) in [7, 11) is 2.08. The number of nitrogens with one attached hydrogen (secondary N) is 1. The van der Waals surface area contributed by atoms with Crippen molar-refractivity contribution >= 4 is 0 Å². The molecular formula is C18H29NO. The molecule has 2 nitrogen and oxygen atoms in total. The van der Waals surface area contributed by atoms with Crippen LogP contribution in [0.1, 0.15) is 38.8 Å². The third-order valence-electron chi connectivity index (χ3n) is 5.04. The van der Waals surface area contributed by atoms with Gasteiger partial charge in [-0.15, -0.1) is 0 Å². The highest BCUT2D eigenvalue weighted by molar-refractivity contribution is 5.23. The molecule has 5 unspecified atom stereocenters.